The summed E-state index contributed by atoms with van der Waals surface area (Å²) in [4.78, 5) is 26.3. The summed E-state index contributed by atoms with van der Waals surface area (Å²) < 4.78 is 23.5. The van der Waals surface area contributed by atoms with E-state index in [1.165, 1.54) is 10.8 Å². The fourth-order valence-corrected chi connectivity index (χ4v) is 6.67. The van der Waals surface area contributed by atoms with Gasteiger partial charge < -0.3 is 14.8 Å². The van der Waals surface area contributed by atoms with E-state index in [0.717, 1.165) is 16.0 Å². The zero-order valence-electron chi connectivity index (χ0n) is 17.8. The van der Waals surface area contributed by atoms with E-state index in [1.54, 1.807) is 13.8 Å². The molecular weight excluding hydrogens is 446 g/mol. The van der Waals surface area contributed by atoms with Gasteiger partial charge in [0.05, 0.1) is 45.0 Å². The smallest absolute Gasteiger partial charge is 0.337 e. The summed E-state index contributed by atoms with van der Waals surface area (Å²) in [5.41, 5.74) is 3.75. The molecule has 6 nitrogen and oxygen atoms in total. The molecule has 2 aliphatic heterocycles. The molecular formula is C24H23NO5S2. The number of dihydropyridines is 1. The van der Waals surface area contributed by atoms with Crippen LogP contribution in [0.1, 0.15) is 30.9 Å². The minimum absolute atomic E-state index is 0.132. The van der Waals surface area contributed by atoms with Crippen molar-refractivity contribution in [3.8, 4) is 0 Å². The van der Waals surface area contributed by atoms with Crippen molar-refractivity contribution >= 4 is 32.6 Å². The van der Waals surface area contributed by atoms with Gasteiger partial charge in [-0.05, 0) is 41.8 Å². The number of rotatable bonds is 7. The van der Waals surface area contributed by atoms with E-state index >= 15 is 0 Å². The first kappa shape index (κ1) is 22.4. The molecule has 0 aliphatic carbocycles. The number of cyclic esters (lactones) is 1. The second kappa shape index (κ2) is 9.75. The van der Waals surface area contributed by atoms with E-state index in [2.05, 4.69) is 5.32 Å². The lowest BCUT2D eigenvalue weighted by atomic mass is 9.81. The number of hydrogen-bond donors (Lipinski definition) is 1. The van der Waals surface area contributed by atoms with Crippen LogP contribution < -0.4 is 5.32 Å². The second-order valence-corrected chi connectivity index (χ2v) is 10.5. The van der Waals surface area contributed by atoms with E-state index < -0.39 is 27.7 Å². The average molecular weight is 470 g/mol. The SMILES string of the molecule is CCOC(=O)C1=C(C)NC2=C(C(=O)OC2)C1c1ccccc1SS(=O)Cc1ccccc1. The van der Waals surface area contributed by atoms with E-state index in [1.807, 2.05) is 54.6 Å². The van der Waals surface area contributed by atoms with Crippen molar-refractivity contribution in [2.45, 2.75) is 30.4 Å². The summed E-state index contributed by atoms with van der Waals surface area (Å²) in [7, 11) is -0.0245. The molecule has 4 rings (SSSR count). The van der Waals surface area contributed by atoms with Crippen LogP contribution >= 0.6 is 10.8 Å². The summed E-state index contributed by atoms with van der Waals surface area (Å²) >= 11 is 0. The number of esters is 2. The predicted octanol–water partition coefficient (Wildman–Crippen LogP) is 3.98. The van der Waals surface area contributed by atoms with Crippen molar-refractivity contribution < 1.29 is 23.3 Å². The van der Waals surface area contributed by atoms with Crippen LogP contribution in [0.2, 0.25) is 0 Å². The molecule has 0 radical (unpaired) electrons. The number of carbonyl (C=O) groups is 2. The number of ether oxygens (including phenoxy) is 2. The molecule has 2 aromatic carbocycles. The summed E-state index contributed by atoms with van der Waals surface area (Å²) in [6, 6.07) is 17.1. The lowest BCUT2D eigenvalue weighted by molar-refractivity contribution is -0.138. The summed E-state index contributed by atoms with van der Waals surface area (Å²) in [6.45, 7) is 3.88. The molecule has 2 unspecified atom stereocenters. The molecule has 2 atom stereocenters. The van der Waals surface area contributed by atoms with E-state index in [9.17, 15) is 13.8 Å². The Labute approximate surface area is 192 Å². The predicted molar refractivity (Wildman–Crippen MR) is 124 cm³/mol. The van der Waals surface area contributed by atoms with Gasteiger partial charge in [-0.3, -0.25) is 0 Å². The molecule has 8 heteroatoms. The quantitative estimate of drug-likeness (QED) is 0.485. The van der Waals surface area contributed by atoms with Gasteiger partial charge in [0.2, 0.25) is 0 Å². The van der Waals surface area contributed by atoms with Gasteiger partial charge >= 0.3 is 11.9 Å². The van der Waals surface area contributed by atoms with Gasteiger partial charge in [-0.25, -0.2) is 13.8 Å². The summed E-state index contributed by atoms with van der Waals surface area (Å²) in [5, 5.41) is 3.14. The van der Waals surface area contributed by atoms with Gasteiger partial charge in [-0.15, -0.1) is 0 Å². The third-order valence-corrected chi connectivity index (χ3v) is 8.00. The molecule has 0 spiro atoms. The van der Waals surface area contributed by atoms with E-state index in [-0.39, 0.29) is 13.2 Å². The van der Waals surface area contributed by atoms with Crippen LogP contribution in [-0.2, 0) is 34.6 Å². The van der Waals surface area contributed by atoms with Gasteiger partial charge in [0.25, 0.3) is 0 Å². The van der Waals surface area contributed by atoms with Gasteiger partial charge in [-0.2, -0.15) is 0 Å². The average Bonchev–Trinajstić information content (AvgIpc) is 3.14. The minimum Gasteiger partial charge on any atom is -0.463 e. The first-order valence-electron chi connectivity index (χ1n) is 10.2. The van der Waals surface area contributed by atoms with Crippen LogP contribution in [0.25, 0.3) is 0 Å². The molecule has 32 heavy (non-hydrogen) atoms. The number of hydrogen-bond acceptors (Lipinski definition) is 7. The summed E-state index contributed by atoms with van der Waals surface area (Å²) in [6.07, 6.45) is 0. The Morgan fingerprint density at radius 2 is 1.91 bits per heavy atom. The van der Waals surface area contributed by atoms with Crippen LogP contribution in [0.3, 0.4) is 0 Å². The molecule has 0 aromatic heterocycles. The Balaban J connectivity index is 1.73. The Morgan fingerprint density at radius 3 is 2.66 bits per heavy atom. The maximum Gasteiger partial charge on any atom is 0.337 e. The molecule has 0 fully saturated rings. The van der Waals surface area contributed by atoms with Gasteiger partial charge in [0.1, 0.15) is 6.61 Å². The minimum atomic E-state index is -1.25. The molecule has 2 heterocycles. The zero-order valence-corrected chi connectivity index (χ0v) is 19.4. The third-order valence-electron chi connectivity index (χ3n) is 5.25. The van der Waals surface area contributed by atoms with Crippen molar-refractivity contribution in [3.05, 3.63) is 88.3 Å². The molecule has 0 saturated heterocycles. The van der Waals surface area contributed by atoms with Crippen molar-refractivity contribution in [1.29, 1.82) is 0 Å². The largest absolute Gasteiger partial charge is 0.463 e. The lowest BCUT2D eigenvalue weighted by Gasteiger charge is -2.28. The fourth-order valence-electron chi connectivity index (χ4n) is 3.89. The molecule has 1 N–H and O–H groups in total. The van der Waals surface area contributed by atoms with Crippen LogP contribution in [0.5, 0.6) is 0 Å². The normalized spacial score (nSPS) is 18.7. The Hall–Kier alpha value is -2.84. The van der Waals surface area contributed by atoms with E-state index in [4.69, 9.17) is 9.47 Å². The molecule has 0 bridgehead atoms. The van der Waals surface area contributed by atoms with Crippen molar-refractivity contribution in [1.82, 2.24) is 5.32 Å². The third kappa shape index (κ3) is 4.52. The van der Waals surface area contributed by atoms with Crippen LogP contribution in [-0.4, -0.2) is 29.4 Å². The zero-order chi connectivity index (χ0) is 22.7. The first-order valence-corrected chi connectivity index (χ1v) is 12.9. The van der Waals surface area contributed by atoms with Crippen LogP contribution in [0.15, 0.2) is 82.0 Å². The second-order valence-electron chi connectivity index (χ2n) is 7.34. The molecule has 0 saturated carbocycles. The number of benzene rings is 2. The highest BCUT2D eigenvalue weighted by atomic mass is 33.1. The Bertz CT molecular complexity index is 1140. The van der Waals surface area contributed by atoms with Crippen molar-refractivity contribution in [3.63, 3.8) is 0 Å². The number of carbonyl (C=O) groups excluding carboxylic acids is 2. The molecule has 2 aromatic rings. The maximum atomic E-state index is 12.9. The van der Waals surface area contributed by atoms with Crippen molar-refractivity contribution in [2.24, 2.45) is 0 Å². The lowest BCUT2D eigenvalue weighted by Crippen LogP contribution is -2.30. The van der Waals surface area contributed by atoms with E-state index in [0.29, 0.717) is 28.3 Å². The topological polar surface area (TPSA) is 81.7 Å². The summed E-state index contributed by atoms with van der Waals surface area (Å²) in [5.74, 6) is -1.21. The first-order chi connectivity index (χ1) is 15.5. The van der Waals surface area contributed by atoms with Gasteiger partial charge in [-0.1, -0.05) is 48.5 Å². The van der Waals surface area contributed by atoms with Gasteiger partial charge in [0, 0.05) is 10.6 Å². The van der Waals surface area contributed by atoms with Gasteiger partial charge in [0.15, 0.2) is 0 Å². The monoisotopic (exact) mass is 469 g/mol. The maximum absolute atomic E-state index is 12.9. The fraction of sp³-hybridized carbons (Fsp3) is 0.250. The highest BCUT2D eigenvalue weighted by Gasteiger charge is 2.42. The van der Waals surface area contributed by atoms with Crippen LogP contribution in [0, 0.1) is 0 Å². The highest BCUT2D eigenvalue weighted by Crippen LogP contribution is 2.45. The molecule has 2 aliphatic rings. The molecule has 166 valence electrons. The molecule has 0 amide bonds. The number of allylic oxidation sites excluding steroid dienone is 1. The van der Waals surface area contributed by atoms with Crippen molar-refractivity contribution in [2.75, 3.05) is 13.2 Å². The van der Waals surface area contributed by atoms with Crippen LogP contribution in [0.4, 0.5) is 0 Å². The Morgan fingerprint density at radius 1 is 1.19 bits per heavy atom. The standard InChI is InChI=1S/C24H23NO5S2/c1-3-29-23(26)20-15(2)25-18-13-30-24(27)22(18)21(20)17-11-7-8-12-19(17)31-32(28)14-16-9-5-4-6-10-16/h4-12,21,25H,3,13-14H2,1-2H3. The Kier molecular flexibility index (Phi) is 6.81. The highest BCUT2D eigenvalue weighted by molar-refractivity contribution is 8.68. The number of nitrogens with one attached hydrogen (secondary N) is 1.